The van der Waals surface area contributed by atoms with Gasteiger partial charge in [-0.15, -0.1) is 0 Å². The topological polar surface area (TPSA) is 243 Å². The lowest BCUT2D eigenvalue weighted by Crippen LogP contribution is -2.59. The number of alkyl halides is 6. The van der Waals surface area contributed by atoms with Gasteiger partial charge in [0.2, 0.25) is 35.4 Å². The van der Waals surface area contributed by atoms with E-state index in [4.69, 9.17) is 15.2 Å². The van der Waals surface area contributed by atoms with Crippen LogP contribution in [0.25, 0.3) is 0 Å². The molecule has 6 rings (SSSR count). The highest BCUT2D eigenvalue weighted by molar-refractivity contribution is 5.94. The van der Waals surface area contributed by atoms with E-state index in [2.05, 4.69) is 42.5 Å². The number of halogens is 6. The highest BCUT2D eigenvalue weighted by Gasteiger charge is 2.35. The number of nitrogens with one attached hydrogen (secondary N) is 8. The standard InChI is InChI=1S/C30H39F3N4O4.C29H38F3N5O4/c1-4-23-27(38)35-14-8-11-21-10-5-6-13-25(21)41-16-15-34-24(28(39)37-26(19(2)3)29(40)36-23)18-20-9-7-12-22(17-20)30(31,32)33;1-18(2)25-28(40)36-23(17-33)26(38)35-12-6-9-20-8-3-4-11-24(20)41-14-13-34-22(27(39)37-25)16-19-7-5-10-21(15-19)29(30,31)32/h5-7,9-10,12-13,17,19,23-24,26,34H,4,8,11,14-16,18H2,1-3H3,(H,35,38)(H,36,40)(H,37,39);3-5,7-8,10-11,15,18,22-23,25,34H,6,9,12-14,16-17,33H2,1-2H3,(H,35,38)(H,36,40)(H,37,39)/t23-,24+,26+;22-,23+,25-/m01/s1. The number of rotatable bonds is 8. The molecule has 0 bridgehead atoms. The maximum atomic E-state index is 13.5. The normalized spacial score (nSPS) is 21.9. The first kappa shape index (κ1) is 65.6. The number of carbonyl (C=O) groups is 6. The molecule has 10 N–H and O–H groups in total. The molecule has 6 atom stereocenters. The maximum Gasteiger partial charge on any atom is 0.416 e. The van der Waals surface area contributed by atoms with Crippen LogP contribution in [0.1, 0.15) is 87.3 Å². The second-order valence-electron chi connectivity index (χ2n) is 20.7. The number of hydrogen-bond acceptors (Lipinski definition) is 11. The smallest absolute Gasteiger partial charge is 0.416 e. The lowest BCUT2D eigenvalue weighted by atomic mass is 9.99. The predicted octanol–water partition coefficient (Wildman–Crippen LogP) is 5.31. The van der Waals surface area contributed by atoms with E-state index in [-0.39, 0.29) is 63.4 Å². The van der Waals surface area contributed by atoms with E-state index in [1.807, 2.05) is 48.5 Å². The Hall–Kier alpha value is -7.24. The van der Waals surface area contributed by atoms with Crippen molar-refractivity contribution >= 4 is 35.4 Å². The fourth-order valence-corrected chi connectivity index (χ4v) is 9.14. The summed E-state index contributed by atoms with van der Waals surface area (Å²) in [6, 6.07) is 18.9. The second kappa shape index (κ2) is 31.8. The van der Waals surface area contributed by atoms with Gasteiger partial charge < -0.3 is 57.7 Å². The van der Waals surface area contributed by atoms with Gasteiger partial charge in [-0.2, -0.15) is 26.3 Å². The van der Waals surface area contributed by atoms with Crippen LogP contribution in [-0.2, 0) is 66.8 Å². The number of aryl methyl sites for hydroxylation is 2. The van der Waals surface area contributed by atoms with Crippen molar-refractivity contribution in [3.63, 3.8) is 0 Å². The molecule has 2 aliphatic heterocycles. The zero-order valence-corrected chi connectivity index (χ0v) is 46.9. The van der Waals surface area contributed by atoms with Crippen LogP contribution in [0.4, 0.5) is 26.3 Å². The third kappa shape index (κ3) is 20.6. The molecule has 2 heterocycles. The second-order valence-corrected chi connectivity index (χ2v) is 20.7. The number of ether oxygens (including phenoxy) is 2. The SMILES string of the molecule is CC(C)[C@H]1NC(=O)[C@@H](Cc2cccc(C(F)(F)F)c2)NCCOc2ccccc2CCCNC(=O)[C@H](CN)NC1=O.CC[C@@H]1NC(=O)[C@@H](C(C)C)NC(=O)[C@@H](Cc2cccc(C(F)(F)F)c2)NCCOc2ccccc2CCCNC1=O. The first-order valence-corrected chi connectivity index (χ1v) is 27.7. The highest BCUT2D eigenvalue weighted by Crippen LogP contribution is 2.31. The number of hydrogen-bond donors (Lipinski definition) is 9. The zero-order chi connectivity index (χ0) is 60.0. The van der Waals surface area contributed by atoms with Crippen LogP contribution in [0.3, 0.4) is 0 Å². The Labute approximate surface area is 474 Å². The Morgan fingerprint density at radius 3 is 1.29 bits per heavy atom. The van der Waals surface area contributed by atoms with Crippen LogP contribution in [-0.4, -0.2) is 118 Å². The summed E-state index contributed by atoms with van der Waals surface area (Å²) < 4.78 is 91.8. The number of fused-ring (bicyclic) bond motifs is 2. The monoisotopic (exact) mass is 1150 g/mol. The first-order valence-electron chi connectivity index (χ1n) is 27.7. The van der Waals surface area contributed by atoms with Gasteiger partial charge in [0.1, 0.15) is 48.9 Å². The van der Waals surface area contributed by atoms with Gasteiger partial charge in [0, 0.05) is 32.7 Å². The molecule has 4 aromatic rings. The van der Waals surface area contributed by atoms with Crippen molar-refractivity contribution < 1.29 is 64.6 Å². The van der Waals surface area contributed by atoms with Crippen molar-refractivity contribution in [2.75, 3.05) is 45.9 Å². The van der Waals surface area contributed by atoms with Gasteiger partial charge in [-0.05, 0) is 103 Å². The number of para-hydroxylation sites is 2. The zero-order valence-electron chi connectivity index (χ0n) is 46.9. The molecule has 0 saturated heterocycles. The third-order valence-electron chi connectivity index (χ3n) is 13.7. The van der Waals surface area contributed by atoms with Gasteiger partial charge in [0.25, 0.3) is 0 Å². The molecule has 448 valence electrons. The van der Waals surface area contributed by atoms with Crippen molar-refractivity contribution in [3.8, 4) is 11.5 Å². The van der Waals surface area contributed by atoms with Crippen LogP contribution < -0.4 is 57.7 Å². The summed E-state index contributed by atoms with van der Waals surface area (Å²) in [5.74, 6) is -2.32. The average Bonchev–Trinajstić information content (AvgIpc) is 3.46. The Morgan fingerprint density at radius 1 is 0.500 bits per heavy atom. The fraction of sp³-hybridized carbons (Fsp3) is 0.492. The molecule has 0 aromatic heterocycles. The van der Waals surface area contributed by atoms with Crippen LogP contribution in [0.15, 0.2) is 97.1 Å². The number of carbonyl (C=O) groups excluding carboxylic acids is 6. The van der Waals surface area contributed by atoms with E-state index in [9.17, 15) is 55.1 Å². The van der Waals surface area contributed by atoms with Crippen molar-refractivity contribution in [3.05, 3.63) is 130 Å². The molecular weight excluding hydrogens is 1080 g/mol. The molecule has 23 heteroatoms. The minimum atomic E-state index is -4.53. The molecule has 82 heavy (non-hydrogen) atoms. The summed E-state index contributed by atoms with van der Waals surface area (Å²) in [6.07, 6.45) is -6.23. The van der Waals surface area contributed by atoms with Crippen LogP contribution in [0.5, 0.6) is 11.5 Å². The highest BCUT2D eigenvalue weighted by atomic mass is 19.4. The Bertz CT molecular complexity index is 2560. The van der Waals surface area contributed by atoms with Gasteiger partial charge in [0.15, 0.2) is 0 Å². The molecular formula is C59H77F6N9O8. The molecule has 17 nitrogen and oxygen atoms in total. The van der Waals surface area contributed by atoms with Crippen LogP contribution in [0, 0.1) is 11.8 Å². The van der Waals surface area contributed by atoms with E-state index >= 15 is 0 Å². The molecule has 0 unspecified atom stereocenters. The molecule has 0 fully saturated rings. The minimum absolute atomic E-state index is 0.0429. The van der Waals surface area contributed by atoms with Gasteiger partial charge >= 0.3 is 12.4 Å². The summed E-state index contributed by atoms with van der Waals surface area (Å²) >= 11 is 0. The van der Waals surface area contributed by atoms with Crippen molar-refractivity contribution in [1.82, 2.24) is 42.5 Å². The molecule has 4 aromatic carbocycles. The first-order chi connectivity index (χ1) is 39.0. The summed E-state index contributed by atoms with van der Waals surface area (Å²) in [4.78, 5) is 78.8. The number of amides is 6. The van der Waals surface area contributed by atoms with E-state index in [1.165, 1.54) is 24.3 Å². The fourth-order valence-electron chi connectivity index (χ4n) is 9.14. The Kier molecular flexibility index (Phi) is 25.5. The van der Waals surface area contributed by atoms with Gasteiger partial charge in [0.05, 0.1) is 23.2 Å². The van der Waals surface area contributed by atoms with Gasteiger partial charge in [-0.1, -0.05) is 107 Å². The molecule has 0 spiro atoms. The van der Waals surface area contributed by atoms with Crippen LogP contribution in [0.2, 0.25) is 0 Å². The summed E-state index contributed by atoms with van der Waals surface area (Å²) in [6.45, 7) is 10.2. The quantitative estimate of drug-likeness (QED) is 0.102. The van der Waals surface area contributed by atoms with Crippen molar-refractivity contribution in [2.45, 2.75) is 128 Å². The third-order valence-corrected chi connectivity index (χ3v) is 13.7. The summed E-state index contributed by atoms with van der Waals surface area (Å²) in [5, 5.41) is 22.7. The molecule has 0 aliphatic carbocycles. The van der Waals surface area contributed by atoms with Gasteiger partial charge in [-0.25, -0.2) is 0 Å². The average molecular weight is 1150 g/mol. The lowest BCUT2D eigenvalue weighted by Gasteiger charge is -2.27. The van der Waals surface area contributed by atoms with E-state index in [0.717, 1.165) is 35.4 Å². The minimum Gasteiger partial charge on any atom is -0.492 e. The predicted molar refractivity (Wildman–Crippen MR) is 297 cm³/mol. The Morgan fingerprint density at radius 2 is 0.902 bits per heavy atom. The van der Waals surface area contributed by atoms with Crippen molar-refractivity contribution in [1.29, 1.82) is 0 Å². The molecule has 6 amide bonds. The van der Waals surface area contributed by atoms with Crippen LogP contribution >= 0.6 is 0 Å². The van der Waals surface area contributed by atoms with E-state index < -0.39 is 89.3 Å². The van der Waals surface area contributed by atoms with E-state index in [0.29, 0.717) is 67.8 Å². The van der Waals surface area contributed by atoms with Crippen molar-refractivity contribution in [2.24, 2.45) is 17.6 Å². The number of nitrogens with two attached hydrogens (primary N) is 1. The lowest BCUT2D eigenvalue weighted by molar-refractivity contribution is -0.138. The number of benzene rings is 4. The summed E-state index contributed by atoms with van der Waals surface area (Å²) in [5.41, 5.74) is 6.65. The molecule has 2 aliphatic rings. The maximum absolute atomic E-state index is 13.5. The largest absolute Gasteiger partial charge is 0.492 e. The summed E-state index contributed by atoms with van der Waals surface area (Å²) in [7, 11) is 0. The Balaban J connectivity index is 0.000000301. The molecule has 0 radical (unpaired) electrons. The van der Waals surface area contributed by atoms with Gasteiger partial charge in [-0.3, -0.25) is 28.8 Å². The molecule has 0 saturated carbocycles. The van der Waals surface area contributed by atoms with E-state index in [1.54, 1.807) is 34.6 Å².